The summed E-state index contributed by atoms with van der Waals surface area (Å²) in [6, 6.07) is 0.991. The highest BCUT2D eigenvalue weighted by molar-refractivity contribution is 5.83. The standard InChI is InChI=1S/C18H28N6/c1-11(2)23(4)18-21-15-16(24(18)5)19-10-22(3)17(15)20-14-9-12-6-7-13(14)8-12/h10-14H,6-9H2,1-5H3/p+1/t12-,13+,14?/m0/s1. The summed E-state index contributed by atoms with van der Waals surface area (Å²) in [6.07, 6.45) is 7.41. The number of hydrogen-bond donors (Lipinski definition) is 1. The summed E-state index contributed by atoms with van der Waals surface area (Å²) < 4.78 is 4.18. The summed E-state index contributed by atoms with van der Waals surface area (Å²) in [5, 5.41) is 3.82. The Morgan fingerprint density at radius 1 is 1.33 bits per heavy atom. The predicted octanol–water partition coefficient (Wildman–Crippen LogP) is 2.24. The van der Waals surface area contributed by atoms with Crippen LogP contribution < -0.4 is 14.8 Å². The van der Waals surface area contributed by atoms with Gasteiger partial charge >= 0.3 is 0 Å². The zero-order valence-corrected chi connectivity index (χ0v) is 15.5. The van der Waals surface area contributed by atoms with Crippen LogP contribution in [0.3, 0.4) is 0 Å². The normalized spacial score (nSPS) is 25.8. The van der Waals surface area contributed by atoms with Gasteiger partial charge in [-0.25, -0.2) is 9.55 Å². The Morgan fingerprint density at radius 3 is 2.75 bits per heavy atom. The number of aromatic nitrogens is 4. The first-order chi connectivity index (χ1) is 11.5. The van der Waals surface area contributed by atoms with Crippen LogP contribution in [-0.4, -0.2) is 33.7 Å². The molecule has 2 aromatic rings. The van der Waals surface area contributed by atoms with Crippen LogP contribution in [-0.2, 0) is 14.1 Å². The molecule has 1 N–H and O–H groups in total. The maximum Gasteiger partial charge on any atom is 0.253 e. The molecule has 2 heterocycles. The van der Waals surface area contributed by atoms with Gasteiger partial charge in [0, 0.05) is 20.1 Å². The van der Waals surface area contributed by atoms with Gasteiger partial charge in [0.1, 0.15) is 0 Å². The van der Waals surface area contributed by atoms with Gasteiger partial charge in [-0.3, -0.25) is 4.57 Å². The molecule has 0 aliphatic heterocycles. The molecule has 24 heavy (non-hydrogen) atoms. The Bertz CT molecular complexity index is 764. The second-order valence-corrected chi connectivity index (χ2v) is 7.98. The fraction of sp³-hybridized carbons (Fsp3) is 0.722. The smallest absolute Gasteiger partial charge is 0.253 e. The first-order valence-corrected chi connectivity index (χ1v) is 9.16. The number of anilines is 2. The molecule has 0 spiro atoms. The average molecular weight is 329 g/mol. The SMILES string of the molecule is CC(C)N(C)c1nc2c(NC3C[C@H]4CC[C@@H]3C4)[n+](C)cnc2n1C. The van der Waals surface area contributed by atoms with Crippen LogP contribution in [0.2, 0.25) is 0 Å². The topological polar surface area (TPSA) is 49.9 Å². The number of imidazole rings is 1. The van der Waals surface area contributed by atoms with Crippen molar-refractivity contribution in [1.29, 1.82) is 0 Å². The van der Waals surface area contributed by atoms with E-state index in [9.17, 15) is 0 Å². The van der Waals surface area contributed by atoms with E-state index >= 15 is 0 Å². The van der Waals surface area contributed by atoms with E-state index in [2.05, 4.69) is 59.3 Å². The van der Waals surface area contributed by atoms with Crippen LogP contribution in [0.4, 0.5) is 11.8 Å². The minimum atomic E-state index is 0.399. The van der Waals surface area contributed by atoms with E-state index in [4.69, 9.17) is 4.98 Å². The van der Waals surface area contributed by atoms with Crippen molar-refractivity contribution in [2.24, 2.45) is 25.9 Å². The minimum Gasteiger partial charge on any atom is -0.343 e. The summed E-state index contributed by atoms with van der Waals surface area (Å²) in [5.41, 5.74) is 1.93. The van der Waals surface area contributed by atoms with Gasteiger partial charge < -0.3 is 10.2 Å². The molecule has 0 radical (unpaired) electrons. The van der Waals surface area contributed by atoms with E-state index in [1.54, 1.807) is 0 Å². The van der Waals surface area contributed by atoms with E-state index in [0.29, 0.717) is 12.1 Å². The Morgan fingerprint density at radius 2 is 2.12 bits per heavy atom. The molecule has 0 saturated heterocycles. The summed E-state index contributed by atoms with van der Waals surface area (Å²) in [4.78, 5) is 11.8. The number of rotatable bonds is 4. The first-order valence-electron chi connectivity index (χ1n) is 9.16. The fourth-order valence-corrected chi connectivity index (χ4v) is 4.46. The Balaban J connectivity index is 1.74. The van der Waals surface area contributed by atoms with Crippen LogP contribution in [0.15, 0.2) is 6.33 Å². The van der Waals surface area contributed by atoms with Crippen molar-refractivity contribution < 1.29 is 4.57 Å². The second-order valence-electron chi connectivity index (χ2n) is 7.98. The minimum absolute atomic E-state index is 0.399. The maximum absolute atomic E-state index is 4.94. The second kappa shape index (κ2) is 5.60. The van der Waals surface area contributed by atoms with E-state index < -0.39 is 0 Å². The molecule has 6 nitrogen and oxygen atoms in total. The lowest BCUT2D eigenvalue weighted by atomic mass is 9.95. The predicted molar refractivity (Wildman–Crippen MR) is 96.1 cm³/mol. The highest BCUT2D eigenvalue weighted by atomic mass is 15.3. The molecule has 1 unspecified atom stereocenters. The highest BCUT2D eigenvalue weighted by Gasteiger charge is 2.42. The summed E-state index contributed by atoms with van der Waals surface area (Å²) in [5.74, 6) is 3.84. The molecule has 0 aromatic carbocycles. The average Bonchev–Trinajstić information content (AvgIpc) is 3.24. The molecule has 4 rings (SSSR count). The molecule has 2 aliphatic carbocycles. The lowest BCUT2D eigenvalue weighted by Crippen LogP contribution is -2.38. The van der Waals surface area contributed by atoms with Gasteiger partial charge in [-0.15, -0.1) is 0 Å². The van der Waals surface area contributed by atoms with Crippen molar-refractivity contribution in [3.63, 3.8) is 0 Å². The van der Waals surface area contributed by atoms with E-state index in [1.165, 1.54) is 25.7 Å². The molecular formula is C18H29N6+. The third-order valence-corrected chi connectivity index (χ3v) is 6.12. The lowest BCUT2D eigenvalue weighted by molar-refractivity contribution is -0.659. The quantitative estimate of drug-likeness (QED) is 0.874. The third kappa shape index (κ3) is 2.34. The van der Waals surface area contributed by atoms with Crippen LogP contribution in [0.25, 0.3) is 11.2 Å². The van der Waals surface area contributed by atoms with Crippen molar-refractivity contribution in [3.8, 4) is 0 Å². The van der Waals surface area contributed by atoms with Crippen molar-refractivity contribution >= 4 is 22.9 Å². The van der Waals surface area contributed by atoms with Gasteiger partial charge in [0.2, 0.25) is 17.9 Å². The Labute approximate surface area is 143 Å². The molecule has 2 bridgehead atoms. The third-order valence-electron chi connectivity index (χ3n) is 6.12. The molecule has 2 aromatic heterocycles. The van der Waals surface area contributed by atoms with Gasteiger partial charge in [-0.2, -0.15) is 0 Å². The molecule has 3 atom stereocenters. The van der Waals surface area contributed by atoms with Crippen LogP contribution in [0, 0.1) is 11.8 Å². The molecule has 2 fully saturated rings. The largest absolute Gasteiger partial charge is 0.343 e. The Hall–Kier alpha value is -1.85. The molecule has 6 heteroatoms. The van der Waals surface area contributed by atoms with Gasteiger partial charge in [0.15, 0.2) is 5.52 Å². The number of nitrogens with one attached hydrogen (secondary N) is 1. The van der Waals surface area contributed by atoms with Gasteiger partial charge in [-0.05, 0) is 51.4 Å². The fourth-order valence-electron chi connectivity index (χ4n) is 4.46. The lowest BCUT2D eigenvalue weighted by Gasteiger charge is -2.21. The van der Waals surface area contributed by atoms with E-state index in [0.717, 1.165) is 34.8 Å². The number of fused-ring (bicyclic) bond motifs is 3. The number of hydrogen-bond acceptors (Lipinski definition) is 4. The molecule has 2 saturated carbocycles. The van der Waals surface area contributed by atoms with Crippen LogP contribution in [0.1, 0.15) is 39.5 Å². The van der Waals surface area contributed by atoms with Crippen molar-refractivity contribution in [2.75, 3.05) is 17.3 Å². The van der Waals surface area contributed by atoms with Crippen LogP contribution in [0.5, 0.6) is 0 Å². The van der Waals surface area contributed by atoms with E-state index in [-0.39, 0.29) is 0 Å². The highest BCUT2D eigenvalue weighted by Crippen LogP contribution is 2.45. The molecule has 2 aliphatic rings. The van der Waals surface area contributed by atoms with Crippen molar-refractivity contribution in [1.82, 2.24) is 14.5 Å². The molecular weight excluding hydrogens is 300 g/mol. The first kappa shape index (κ1) is 15.7. The number of nitrogens with zero attached hydrogens (tertiary/aromatic N) is 5. The number of aryl methyl sites for hydroxylation is 2. The zero-order chi connectivity index (χ0) is 17.0. The van der Waals surface area contributed by atoms with Crippen LogP contribution >= 0.6 is 0 Å². The summed E-state index contributed by atoms with van der Waals surface area (Å²) in [6.45, 7) is 4.36. The zero-order valence-electron chi connectivity index (χ0n) is 15.5. The van der Waals surface area contributed by atoms with Crippen molar-refractivity contribution in [2.45, 2.75) is 51.6 Å². The Kier molecular flexibility index (Phi) is 3.66. The van der Waals surface area contributed by atoms with Crippen molar-refractivity contribution in [3.05, 3.63) is 6.33 Å². The van der Waals surface area contributed by atoms with E-state index in [1.807, 2.05) is 6.33 Å². The summed E-state index contributed by atoms with van der Waals surface area (Å²) in [7, 11) is 6.20. The van der Waals surface area contributed by atoms with Gasteiger partial charge in [0.25, 0.3) is 5.82 Å². The molecule has 130 valence electrons. The van der Waals surface area contributed by atoms with Gasteiger partial charge in [-0.1, -0.05) is 4.98 Å². The van der Waals surface area contributed by atoms with Gasteiger partial charge in [0.05, 0.1) is 13.1 Å². The summed E-state index contributed by atoms with van der Waals surface area (Å²) >= 11 is 0. The maximum atomic E-state index is 4.94. The molecule has 0 amide bonds. The monoisotopic (exact) mass is 329 g/mol.